The molecule has 5 heteroatoms. The molecular weight excluding hydrogens is 250 g/mol. The van der Waals surface area contributed by atoms with E-state index in [0.29, 0.717) is 0 Å². The van der Waals surface area contributed by atoms with Crippen LogP contribution in [0.15, 0.2) is 42.7 Å². The number of amides is 1. The first-order chi connectivity index (χ1) is 9.09. The van der Waals surface area contributed by atoms with Gasteiger partial charge in [-0.3, -0.25) is 9.78 Å². The number of nitrogens with zero attached hydrogens (tertiary/aromatic N) is 1. The molecule has 0 fully saturated rings. The van der Waals surface area contributed by atoms with E-state index >= 15 is 0 Å². The van der Waals surface area contributed by atoms with Gasteiger partial charge < -0.3 is 5.32 Å². The first-order valence-electron chi connectivity index (χ1n) is 5.74. The normalized spacial score (nSPS) is 11.9. The van der Waals surface area contributed by atoms with Crippen LogP contribution in [-0.4, -0.2) is 10.9 Å². The molecular formula is C14H12F2N2O. The third-order valence-corrected chi connectivity index (χ3v) is 2.74. The van der Waals surface area contributed by atoms with Crippen molar-refractivity contribution in [1.29, 1.82) is 0 Å². The number of pyridine rings is 1. The molecule has 2 rings (SSSR count). The Hall–Kier alpha value is -2.30. The smallest absolute Gasteiger partial charge is 0.257 e. The summed E-state index contributed by atoms with van der Waals surface area (Å²) in [5, 5.41) is 2.55. The molecule has 0 bridgehead atoms. The van der Waals surface area contributed by atoms with E-state index in [-0.39, 0.29) is 6.04 Å². The van der Waals surface area contributed by atoms with Gasteiger partial charge in [0, 0.05) is 12.4 Å². The first-order valence-corrected chi connectivity index (χ1v) is 5.74. The van der Waals surface area contributed by atoms with Crippen LogP contribution >= 0.6 is 0 Å². The summed E-state index contributed by atoms with van der Waals surface area (Å²) in [4.78, 5) is 15.7. The Morgan fingerprint density at radius 3 is 2.32 bits per heavy atom. The molecule has 0 saturated heterocycles. The summed E-state index contributed by atoms with van der Waals surface area (Å²) in [5.41, 5.74) is 0.239. The Morgan fingerprint density at radius 2 is 1.74 bits per heavy atom. The fourth-order valence-electron chi connectivity index (χ4n) is 1.72. The highest BCUT2D eigenvalue weighted by molar-refractivity contribution is 5.94. The average molecular weight is 262 g/mol. The number of nitrogens with one attached hydrogen (secondary N) is 1. The number of benzene rings is 1. The van der Waals surface area contributed by atoms with Crippen molar-refractivity contribution in [2.75, 3.05) is 0 Å². The molecule has 98 valence electrons. The van der Waals surface area contributed by atoms with Crippen molar-refractivity contribution in [3.05, 3.63) is 65.5 Å². The standard InChI is InChI=1S/C14H12F2N2O/c1-9(10-5-7-17-8-6-10)18-14(19)13-11(15)3-2-4-12(13)16/h2-9H,1H3,(H,18,19)/t9-/m1/s1. The fraction of sp³-hybridized carbons (Fsp3) is 0.143. The maximum Gasteiger partial charge on any atom is 0.257 e. The summed E-state index contributed by atoms with van der Waals surface area (Å²) >= 11 is 0. The van der Waals surface area contributed by atoms with Crippen molar-refractivity contribution in [3.8, 4) is 0 Å². The van der Waals surface area contributed by atoms with Gasteiger partial charge in [-0.15, -0.1) is 0 Å². The van der Waals surface area contributed by atoms with Crippen molar-refractivity contribution in [1.82, 2.24) is 10.3 Å². The summed E-state index contributed by atoms with van der Waals surface area (Å²) < 4.78 is 26.9. The molecule has 0 unspecified atom stereocenters. The Kier molecular flexibility index (Phi) is 3.85. The quantitative estimate of drug-likeness (QED) is 0.924. The van der Waals surface area contributed by atoms with Gasteiger partial charge in [0.05, 0.1) is 6.04 Å². The molecule has 1 atom stereocenters. The van der Waals surface area contributed by atoms with E-state index in [1.54, 1.807) is 31.5 Å². The molecule has 0 aliphatic heterocycles. The summed E-state index contributed by atoms with van der Waals surface area (Å²) in [7, 11) is 0. The minimum absolute atomic E-state index is 0.366. The molecule has 1 aromatic heterocycles. The van der Waals surface area contributed by atoms with Crippen LogP contribution in [0.2, 0.25) is 0 Å². The van der Waals surface area contributed by atoms with Gasteiger partial charge in [0.25, 0.3) is 5.91 Å². The van der Waals surface area contributed by atoms with Gasteiger partial charge in [-0.25, -0.2) is 8.78 Å². The molecule has 0 saturated carbocycles. The molecule has 1 amide bonds. The van der Waals surface area contributed by atoms with Crippen LogP contribution < -0.4 is 5.32 Å². The maximum atomic E-state index is 13.4. The molecule has 1 aromatic carbocycles. The zero-order valence-corrected chi connectivity index (χ0v) is 10.2. The second kappa shape index (κ2) is 5.56. The summed E-state index contributed by atoms with van der Waals surface area (Å²) in [6.45, 7) is 1.73. The number of carbonyl (C=O) groups is 1. The Bertz CT molecular complexity index is 567. The molecule has 0 spiro atoms. The van der Waals surface area contributed by atoms with Crippen molar-refractivity contribution in [2.45, 2.75) is 13.0 Å². The molecule has 1 heterocycles. The number of carbonyl (C=O) groups excluding carboxylic acids is 1. The fourth-order valence-corrected chi connectivity index (χ4v) is 1.72. The third-order valence-electron chi connectivity index (χ3n) is 2.74. The van der Waals surface area contributed by atoms with Gasteiger partial charge in [0.1, 0.15) is 17.2 Å². The van der Waals surface area contributed by atoms with Crippen LogP contribution in [0.1, 0.15) is 28.9 Å². The van der Waals surface area contributed by atoms with E-state index in [1.165, 1.54) is 6.07 Å². The van der Waals surface area contributed by atoms with Crippen LogP contribution in [0, 0.1) is 11.6 Å². The predicted molar refractivity (Wildman–Crippen MR) is 66.5 cm³/mol. The van der Waals surface area contributed by atoms with Crippen molar-refractivity contribution >= 4 is 5.91 Å². The van der Waals surface area contributed by atoms with Gasteiger partial charge in [-0.05, 0) is 36.8 Å². The van der Waals surface area contributed by atoms with Gasteiger partial charge in [0.2, 0.25) is 0 Å². The predicted octanol–water partition coefficient (Wildman–Crippen LogP) is 2.85. The number of aromatic nitrogens is 1. The van der Waals surface area contributed by atoms with Crippen molar-refractivity contribution < 1.29 is 13.6 Å². The summed E-state index contributed by atoms with van der Waals surface area (Å²) in [6.07, 6.45) is 3.17. The van der Waals surface area contributed by atoms with Crippen molar-refractivity contribution in [3.63, 3.8) is 0 Å². The molecule has 0 radical (unpaired) electrons. The largest absolute Gasteiger partial charge is 0.345 e. The molecule has 0 aliphatic carbocycles. The molecule has 19 heavy (non-hydrogen) atoms. The van der Waals surface area contributed by atoms with Gasteiger partial charge in [-0.2, -0.15) is 0 Å². The second-order valence-corrected chi connectivity index (χ2v) is 4.07. The van der Waals surface area contributed by atoms with E-state index in [0.717, 1.165) is 17.7 Å². The van der Waals surface area contributed by atoms with Crippen LogP contribution in [0.25, 0.3) is 0 Å². The Labute approximate surface area is 109 Å². The SMILES string of the molecule is C[C@@H](NC(=O)c1c(F)cccc1F)c1ccncc1. The second-order valence-electron chi connectivity index (χ2n) is 4.07. The molecule has 3 nitrogen and oxygen atoms in total. The number of hydrogen-bond donors (Lipinski definition) is 1. The molecule has 2 aromatic rings. The van der Waals surface area contributed by atoms with Crippen LogP contribution in [-0.2, 0) is 0 Å². The lowest BCUT2D eigenvalue weighted by Gasteiger charge is -2.14. The van der Waals surface area contributed by atoms with E-state index in [2.05, 4.69) is 10.3 Å². The average Bonchev–Trinajstić information content (AvgIpc) is 2.39. The topological polar surface area (TPSA) is 42.0 Å². The Balaban J connectivity index is 2.18. The van der Waals surface area contributed by atoms with E-state index in [4.69, 9.17) is 0 Å². The maximum absolute atomic E-state index is 13.4. The summed E-state index contributed by atoms with van der Waals surface area (Å²) in [5.74, 6) is -2.53. The third kappa shape index (κ3) is 2.93. The van der Waals surface area contributed by atoms with E-state index in [9.17, 15) is 13.6 Å². The monoisotopic (exact) mass is 262 g/mol. The highest BCUT2D eigenvalue weighted by Crippen LogP contribution is 2.15. The zero-order chi connectivity index (χ0) is 13.8. The van der Waals surface area contributed by atoms with Crippen LogP contribution in [0.3, 0.4) is 0 Å². The van der Waals surface area contributed by atoms with Crippen LogP contribution in [0.5, 0.6) is 0 Å². The van der Waals surface area contributed by atoms with Crippen molar-refractivity contribution in [2.24, 2.45) is 0 Å². The lowest BCUT2D eigenvalue weighted by molar-refractivity contribution is 0.0931. The number of rotatable bonds is 3. The Morgan fingerprint density at radius 1 is 1.16 bits per heavy atom. The zero-order valence-electron chi connectivity index (χ0n) is 10.2. The highest BCUT2D eigenvalue weighted by atomic mass is 19.1. The number of hydrogen-bond acceptors (Lipinski definition) is 2. The summed E-state index contributed by atoms with van der Waals surface area (Å²) in [6, 6.07) is 6.40. The minimum atomic E-state index is -0.876. The molecule has 1 N–H and O–H groups in total. The molecule has 0 aliphatic rings. The first kappa shape index (κ1) is 13.1. The van der Waals surface area contributed by atoms with Gasteiger partial charge >= 0.3 is 0 Å². The highest BCUT2D eigenvalue weighted by Gasteiger charge is 2.18. The van der Waals surface area contributed by atoms with Crippen LogP contribution in [0.4, 0.5) is 8.78 Å². The van der Waals surface area contributed by atoms with Gasteiger partial charge in [-0.1, -0.05) is 6.07 Å². The lowest BCUT2D eigenvalue weighted by Crippen LogP contribution is -2.28. The van der Waals surface area contributed by atoms with E-state index in [1.807, 2.05) is 0 Å². The lowest BCUT2D eigenvalue weighted by atomic mass is 10.1. The van der Waals surface area contributed by atoms with Gasteiger partial charge in [0.15, 0.2) is 0 Å². The van der Waals surface area contributed by atoms with E-state index < -0.39 is 23.1 Å². The minimum Gasteiger partial charge on any atom is -0.345 e. The number of halogens is 2.